The Morgan fingerprint density at radius 1 is 1.40 bits per heavy atom. The molecule has 0 aromatic carbocycles. The van der Waals surface area contributed by atoms with Crippen molar-refractivity contribution in [3.8, 4) is 0 Å². The largest absolute Gasteiger partial charge is 0.459 e. The Morgan fingerprint density at radius 3 is 2.27 bits per heavy atom. The van der Waals surface area contributed by atoms with E-state index >= 15 is 0 Å². The summed E-state index contributed by atoms with van der Waals surface area (Å²) < 4.78 is 5.20. The number of aliphatic hydroxyl groups excluding tert-OH is 1. The van der Waals surface area contributed by atoms with Crippen LogP contribution in [-0.2, 0) is 9.53 Å². The third-order valence-corrected chi connectivity index (χ3v) is 1.87. The third kappa shape index (κ3) is 7.33. The molecular weight excluding hydrogens is 194 g/mol. The van der Waals surface area contributed by atoms with Crippen LogP contribution in [0.2, 0.25) is 0 Å². The highest BCUT2D eigenvalue weighted by atomic mass is 16.6. The Balaban J connectivity index is 4.11. The Morgan fingerprint density at radius 2 is 1.93 bits per heavy atom. The zero-order chi connectivity index (χ0) is 12.1. The minimum absolute atomic E-state index is 0.0565. The molecule has 1 N–H and O–H groups in total. The molecule has 0 aromatic rings. The van der Waals surface area contributed by atoms with Gasteiger partial charge in [0.05, 0.1) is 13.2 Å². The summed E-state index contributed by atoms with van der Waals surface area (Å²) in [6.07, 6.45) is 0. The van der Waals surface area contributed by atoms with Gasteiger partial charge in [-0.25, -0.2) is 0 Å². The summed E-state index contributed by atoms with van der Waals surface area (Å²) in [4.78, 5) is 13.4. The van der Waals surface area contributed by atoms with Gasteiger partial charge in [0.15, 0.2) is 0 Å². The molecule has 0 saturated heterocycles. The lowest BCUT2D eigenvalue weighted by Crippen LogP contribution is -2.40. The highest BCUT2D eigenvalue weighted by molar-refractivity contribution is 5.72. The van der Waals surface area contributed by atoms with Gasteiger partial charge in [0.1, 0.15) is 5.60 Å². The summed E-state index contributed by atoms with van der Waals surface area (Å²) in [5.41, 5.74) is -0.445. The molecule has 0 heterocycles. The van der Waals surface area contributed by atoms with Crippen molar-refractivity contribution < 1.29 is 14.6 Å². The highest BCUT2D eigenvalue weighted by Gasteiger charge is 2.19. The number of hydrogen-bond acceptors (Lipinski definition) is 4. The van der Waals surface area contributed by atoms with Crippen molar-refractivity contribution >= 4 is 5.97 Å². The second-order valence-electron chi connectivity index (χ2n) is 4.87. The first-order valence-electron chi connectivity index (χ1n) is 5.33. The first-order valence-corrected chi connectivity index (χ1v) is 5.33. The number of ether oxygens (including phenoxy) is 1. The summed E-state index contributed by atoms with van der Waals surface area (Å²) in [5, 5.41) is 8.84. The van der Waals surface area contributed by atoms with Gasteiger partial charge < -0.3 is 9.84 Å². The Kier molecular flexibility index (Phi) is 5.83. The van der Waals surface area contributed by atoms with E-state index in [9.17, 15) is 4.79 Å². The average molecular weight is 217 g/mol. The minimum atomic E-state index is -0.445. The van der Waals surface area contributed by atoms with Crippen LogP contribution in [-0.4, -0.2) is 47.3 Å². The van der Waals surface area contributed by atoms with Crippen molar-refractivity contribution in [3.63, 3.8) is 0 Å². The lowest BCUT2D eigenvalue weighted by Gasteiger charge is -2.27. The molecule has 0 aliphatic carbocycles. The van der Waals surface area contributed by atoms with E-state index in [4.69, 9.17) is 9.84 Å². The van der Waals surface area contributed by atoms with Crippen LogP contribution in [0.25, 0.3) is 0 Å². The monoisotopic (exact) mass is 217 g/mol. The van der Waals surface area contributed by atoms with Crippen molar-refractivity contribution in [1.29, 1.82) is 0 Å². The standard InChI is InChI=1S/C11H23NO3/c1-9(2)12(6-7-13)8-10(14)15-11(3,4)5/h9,13H,6-8H2,1-5H3. The molecule has 4 nitrogen and oxygen atoms in total. The number of nitrogens with zero attached hydrogens (tertiary/aromatic N) is 1. The number of hydrogen-bond donors (Lipinski definition) is 1. The van der Waals surface area contributed by atoms with E-state index < -0.39 is 5.60 Å². The molecule has 0 aromatic heterocycles. The topological polar surface area (TPSA) is 49.8 Å². The molecule has 0 radical (unpaired) electrons. The molecule has 0 spiro atoms. The lowest BCUT2D eigenvalue weighted by atomic mass is 10.2. The van der Waals surface area contributed by atoms with E-state index in [-0.39, 0.29) is 25.2 Å². The summed E-state index contributed by atoms with van der Waals surface area (Å²) in [6.45, 7) is 10.3. The van der Waals surface area contributed by atoms with Crippen LogP contribution < -0.4 is 0 Å². The number of esters is 1. The first kappa shape index (κ1) is 14.4. The lowest BCUT2D eigenvalue weighted by molar-refractivity contribution is -0.156. The average Bonchev–Trinajstić information content (AvgIpc) is 1.99. The SMILES string of the molecule is CC(C)N(CCO)CC(=O)OC(C)(C)C. The van der Waals surface area contributed by atoms with E-state index in [1.165, 1.54) is 0 Å². The third-order valence-electron chi connectivity index (χ3n) is 1.87. The maximum Gasteiger partial charge on any atom is 0.320 e. The smallest absolute Gasteiger partial charge is 0.320 e. The fourth-order valence-electron chi connectivity index (χ4n) is 1.19. The van der Waals surface area contributed by atoms with Crippen LogP contribution in [0.5, 0.6) is 0 Å². The van der Waals surface area contributed by atoms with Gasteiger partial charge in [0.2, 0.25) is 0 Å². The molecule has 15 heavy (non-hydrogen) atoms. The van der Waals surface area contributed by atoms with E-state index in [0.717, 1.165) is 0 Å². The zero-order valence-corrected chi connectivity index (χ0v) is 10.4. The predicted molar refractivity (Wildman–Crippen MR) is 59.6 cm³/mol. The van der Waals surface area contributed by atoms with Crippen LogP contribution in [0.3, 0.4) is 0 Å². The van der Waals surface area contributed by atoms with Crippen LogP contribution in [0.1, 0.15) is 34.6 Å². The van der Waals surface area contributed by atoms with E-state index in [0.29, 0.717) is 6.54 Å². The highest BCUT2D eigenvalue weighted by Crippen LogP contribution is 2.08. The second kappa shape index (κ2) is 6.08. The molecule has 0 amide bonds. The summed E-state index contributed by atoms with van der Waals surface area (Å²) >= 11 is 0. The van der Waals surface area contributed by atoms with E-state index in [1.807, 2.05) is 39.5 Å². The van der Waals surface area contributed by atoms with Crippen molar-refractivity contribution in [2.75, 3.05) is 19.7 Å². The van der Waals surface area contributed by atoms with Crippen molar-refractivity contribution in [3.05, 3.63) is 0 Å². The first-order chi connectivity index (χ1) is 6.76. The summed E-state index contributed by atoms with van der Waals surface area (Å²) in [7, 11) is 0. The van der Waals surface area contributed by atoms with Gasteiger partial charge in [-0.15, -0.1) is 0 Å². The number of rotatable bonds is 5. The fraction of sp³-hybridized carbons (Fsp3) is 0.909. The zero-order valence-electron chi connectivity index (χ0n) is 10.4. The fourth-order valence-corrected chi connectivity index (χ4v) is 1.19. The van der Waals surface area contributed by atoms with Crippen LogP contribution >= 0.6 is 0 Å². The molecule has 90 valence electrons. The van der Waals surface area contributed by atoms with Crippen molar-refractivity contribution in [2.45, 2.75) is 46.3 Å². The quantitative estimate of drug-likeness (QED) is 0.699. The molecule has 0 fully saturated rings. The summed E-state index contributed by atoms with van der Waals surface area (Å²) in [5.74, 6) is -0.246. The molecular formula is C11H23NO3. The molecule has 0 bridgehead atoms. The van der Waals surface area contributed by atoms with Gasteiger partial charge in [0.25, 0.3) is 0 Å². The molecule has 0 unspecified atom stereocenters. The van der Waals surface area contributed by atoms with Crippen molar-refractivity contribution in [1.82, 2.24) is 4.90 Å². The predicted octanol–water partition coefficient (Wildman–Crippen LogP) is 1.03. The molecule has 0 atom stereocenters. The van der Waals surface area contributed by atoms with Gasteiger partial charge in [-0.1, -0.05) is 0 Å². The minimum Gasteiger partial charge on any atom is -0.459 e. The molecule has 0 saturated carbocycles. The van der Waals surface area contributed by atoms with E-state index in [1.54, 1.807) is 0 Å². The molecule has 4 heteroatoms. The maximum absolute atomic E-state index is 11.5. The van der Waals surface area contributed by atoms with Gasteiger partial charge in [0, 0.05) is 12.6 Å². The number of carbonyl (C=O) groups excluding carboxylic acids is 1. The Labute approximate surface area is 92.2 Å². The second-order valence-corrected chi connectivity index (χ2v) is 4.87. The Bertz CT molecular complexity index is 196. The van der Waals surface area contributed by atoms with Crippen molar-refractivity contribution in [2.24, 2.45) is 0 Å². The molecule has 0 rings (SSSR count). The normalized spacial score (nSPS) is 12.3. The Hall–Kier alpha value is -0.610. The van der Waals surface area contributed by atoms with Gasteiger partial charge in [-0.05, 0) is 34.6 Å². The van der Waals surface area contributed by atoms with Crippen LogP contribution in [0.15, 0.2) is 0 Å². The molecule has 0 aliphatic rings. The molecule has 0 aliphatic heterocycles. The number of carbonyl (C=O) groups is 1. The van der Waals surface area contributed by atoms with E-state index in [2.05, 4.69) is 0 Å². The van der Waals surface area contributed by atoms with Crippen LogP contribution in [0.4, 0.5) is 0 Å². The van der Waals surface area contributed by atoms with Gasteiger partial charge >= 0.3 is 5.97 Å². The van der Waals surface area contributed by atoms with Crippen LogP contribution in [0, 0.1) is 0 Å². The summed E-state index contributed by atoms with van der Waals surface area (Å²) in [6, 6.07) is 0.227. The van der Waals surface area contributed by atoms with Gasteiger partial charge in [-0.2, -0.15) is 0 Å². The maximum atomic E-state index is 11.5. The van der Waals surface area contributed by atoms with Gasteiger partial charge in [-0.3, -0.25) is 9.69 Å². The number of aliphatic hydroxyl groups is 1.